The zero-order chi connectivity index (χ0) is 15.2. The maximum Gasteiger partial charge on any atom is 0.264 e. The van der Waals surface area contributed by atoms with E-state index in [4.69, 9.17) is 14.0 Å². The summed E-state index contributed by atoms with van der Waals surface area (Å²) < 4.78 is 17.0. The molecule has 0 saturated carbocycles. The summed E-state index contributed by atoms with van der Waals surface area (Å²) in [5.74, 6) is 2.16. The highest BCUT2D eigenvalue weighted by molar-refractivity contribution is 9.10. The van der Waals surface area contributed by atoms with Gasteiger partial charge in [0, 0.05) is 6.42 Å². The van der Waals surface area contributed by atoms with Gasteiger partial charge < -0.3 is 19.1 Å². The fourth-order valence-corrected chi connectivity index (χ4v) is 2.35. The van der Waals surface area contributed by atoms with E-state index in [1.165, 1.54) is 0 Å². The molecule has 1 aromatic heterocycles. The minimum Gasteiger partial charge on any atom is -0.490 e. The summed E-state index contributed by atoms with van der Waals surface area (Å²) >= 11 is 3.42. The Hall–Kier alpha value is -1.60. The average molecular weight is 357 g/mol. The van der Waals surface area contributed by atoms with E-state index in [9.17, 15) is 5.11 Å². The highest BCUT2D eigenvalue weighted by atomic mass is 79.9. The highest BCUT2D eigenvalue weighted by Crippen LogP contribution is 2.37. The Bertz CT molecular complexity index is 601. The summed E-state index contributed by atoms with van der Waals surface area (Å²) in [7, 11) is 0. The van der Waals surface area contributed by atoms with Crippen molar-refractivity contribution in [1.29, 1.82) is 0 Å². The van der Waals surface area contributed by atoms with Gasteiger partial charge in [0.05, 0.1) is 17.7 Å². The molecule has 2 rings (SSSR count). The van der Waals surface area contributed by atoms with Gasteiger partial charge in [-0.3, -0.25) is 0 Å². The van der Waals surface area contributed by atoms with Crippen LogP contribution in [0.15, 0.2) is 21.1 Å². The van der Waals surface area contributed by atoms with Crippen LogP contribution in [0.2, 0.25) is 0 Å². The van der Waals surface area contributed by atoms with Crippen LogP contribution >= 0.6 is 15.9 Å². The molecule has 0 atom stereocenters. The van der Waals surface area contributed by atoms with Gasteiger partial charge >= 0.3 is 0 Å². The molecule has 0 aliphatic carbocycles. The van der Waals surface area contributed by atoms with Crippen molar-refractivity contribution < 1.29 is 19.1 Å². The third-order valence-corrected chi connectivity index (χ3v) is 3.31. The molecular formula is C14H17BrN2O4. The normalized spacial score (nSPS) is 10.7. The molecule has 0 spiro atoms. The molecule has 0 unspecified atom stereocenters. The number of benzene rings is 1. The first-order valence-corrected chi connectivity index (χ1v) is 7.47. The number of aryl methyl sites for hydroxylation is 1. The summed E-state index contributed by atoms with van der Waals surface area (Å²) in [5.41, 5.74) is 0.740. The molecule has 6 nitrogen and oxygen atoms in total. The Labute approximate surface area is 131 Å². The Morgan fingerprint density at radius 1 is 1.29 bits per heavy atom. The topological polar surface area (TPSA) is 77.6 Å². The number of aromatic nitrogens is 2. The van der Waals surface area contributed by atoms with Crippen LogP contribution in [0.25, 0.3) is 0 Å². The summed E-state index contributed by atoms with van der Waals surface area (Å²) in [6, 6.07) is 3.53. The van der Waals surface area contributed by atoms with Crippen LogP contribution in [0.3, 0.4) is 0 Å². The minimum atomic E-state index is -0.0670. The van der Waals surface area contributed by atoms with Crippen molar-refractivity contribution in [3.8, 4) is 11.5 Å². The number of aliphatic hydroxyl groups is 1. The lowest BCUT2D eigenvalue weighted by atomic mass is 10.2. The third-order valence-electron chi connectivity index (χ3n) is 2.72. The molecule has 0 fully saturated rings. The fourth-order valence-electron chi connectivity index (χ4n) is 1.74. The lowest BCUT2D eigenvalue weighted by Gasteiger charge is -2.13. The Balaban J connectivity index is 2.17. The molecule has 0 radical (unpaired) electrons. The molecule has 114 valence electrons. The van der Waals surface area contributed by atoms with Gasteiger partial charge in [0.15, 0.2) is 23.9 Å². The highest BCUT2D eigenvalue weighted by Gasteiger charge is 2.14. The van der Waals surface area contributed by atoms with E-state index in [1.807, 2.05) is 13.8 Å². The van der Waals surface area contributed by atoms with E-state index in [0.29, 0.717) is 40.7 Å². The van der Waals surface area contributed by atoms with Crippen molar-refractivity contribution in [2.75, 3.05) is 6.61 Å². The number of hydrogen-bond acceptors (Lipinski definition) is 6. The number of rotatable bonds is 7. The van der Waals surface area contributed by atoms with Crippen LogP contribution in [-0.2, 0) is 19.6 Å². The fraction of sp³-hybridized carbons (Fsp3) is 0.429. The number of nitrogens with zero attached hydrogens (tertiary/aromatic N) is 2. The van der Waals surface area contributed by atoms with Crippen molar-refractivity contribution in [2.45, 2.75) is 33.5 Å². The summed E-state index contributed by atoms with van der Waals surface area (Å²) in [4.78, 5) is 4.18. The van der Waals surface area contributed by atoms with Gasteiger partial charge in [-0.25, -0.2) is 0 Å². The molecule has 0 aliphatic rings. The first kappa shape index (κ1) is 15.8. The SMILES string of the molecule is CCOc1cc(CO)cc(Br)c1OCc1nc(CC)no1. The monoisotopic (exact) mass is 356 g/mol. The van der Waals surface area contributed by atoms with Crippen LogP contribution in [0.5, 0.6) is 11.5 Å². The van der Waals surface area contributed by atoms with E-state index in [1.54, 1.807) is 12.1 Å². The second-order valence-electron chi connectivity index (χ2n) is 4.24. The zero-order valence-electron chi connectivity index (χ0n) is 11.9. The number of halogens is 1. The van der Waals surface area contributed by atoms with Crippen LogP contribution in [0.1, 0.15) is 31.1 Å². The Morgan fingerprint density at radius 3 is 2.71 bits per heavy atom. The van der Waals surface area contributed by atoms with Gasteiger partial charge in [-0.2, -0.15) is 4.98 Å². The second-order valence-corrected chi connectivity index (χ2v) is 5.10. The van der Waals surface area contributed by atoms with E-state index in [0.717, 1.165) is 5.56 Å². The number of ether oxygens (including phenoxy) is 2. The molecule has 1 aromatic carbocycles. The average Bonchev–Trinajstić information content (AvgIpc) is 2.94. The Morgan fingerprint density at radius 2 is 2.10 bits per heavy atom. The predicted octanol–water partition coefficient (Wildman–Crippen LogP) is 2.86. The molecule has 0 aliphatic heterocycles. The Kier molecular flexibility index (Phi) is 5.58. The van der Waals surface area contributed by atoms with Gasteiger partial charge in [-0.05, 0) is 40.5 Å². The molecule has 7 heteroatoms. The van der Waals surface area contributed by atoms with Crippen LogP contribution in [0.4, 0.5) is 0 Å². The van der Waals surface area contributed by atoms with Crippen molar-refractivity contribution in [3.05, 3.63) is 33.9 Å². The summed E-state index contributed by atoms with van der Waals surface area (Å²) in [6.45, 7) is 4.42. The minimum absolute atomic E-state index is 0.0670. The second kappa shape index (κ2) is 7.42. The van der Waals surface area contributed by atoms with E-state index in [2.05, 4.69) is 26.1 Å². The zero-order valence-corrected chi connectivity index (χ0v) is 13.5. The lowest BCUT2D eigenvalue weighted by Crippen LogP contribution is -2.02. The maximum absolute atomic E-state index is 9.23. The molecule has 21 heavy (non-hydrogen) atoms. The molecule has 0 bridgehead atoms. The largest absolute Gasteiger partial charge is 0.490 e. The van der Waals surface area contributed by atoms with Gasteiger partial charge in [-0.15, -0.1) is 0 Å². The van der Waals surface area contributed by atoms with Crippen molar-refractivity contribution in [3.63, 3.8) is 0 Å². The molecule has 1 N–H and O–H groups in total. The summed E-state index contributed by atoms with van der Waals surface area (Å²) in [5, 5.41) is 13.0. The van der Waals surface area contributed by atoms with Gasteiger partial charge in [0.25, 0.3) is 5.89 Å². The van der Waals surface area contributed by atoms with E-state index < -0.39 is 0 Å². The first-order valence-electron chi connectivity index (χ1n) is 6.68. The first-order chi connectivity index (χ1) is 10.2. The molecular weight excluding hydrogens is 340 g/mol. The van der Waals surface area contributed by atoms with Crippen LogP contribution in [-0.4, -0.2) is 21.9 Å². The van der Waals surface area contributed by atoms with E-state index in [-0.39, 0.29) is 13.2 Å². The molecule has 0 saturated heterocycles. The van der Waals surface area contributed by atoms with Gasteiger partial charge in [0.1, 0.15) is 0 Å². The van der Waals surface area contributed by atoms with E-state index >= 15 is 0 Å². The molecule has 1 heterocycles. The van der Waals surface area contributed by atoms with Crippen molar-refractivity contribution in [2.24, 2.45) is 0 Å². The quantitative estimate of drug-likeness (QED) is 0.821. The smallest absolute Gasteiger partial charge is 0.264 e. The predicted molar refractivity (Wildman–Crippen MR) is 79.2 cm³/mol. The summed E-state index contributed by atoms with van der Waals surface area (Å²) in [6.07, 6.45) is 0.711. The number of aliphatic hydroxyl groups excluding tert-OH is 1. The lowest BCUT2D eigenvalue weighted by molar-refractivity contribution is 0.225. The molecule has 0 amide bonds. The van der Waals surface area contributed by atoms with Crippen molar-refractivity contribution >= 4 is 15.9 Å². The molecule has 2 aromatic rings. The third kappa shape index (κ3) is 3.95. The standard InChI is InChI=1S/C14H17BrN2O4/c1-3-12-16-13(21-17-12)8-20-14-10(15)5-9(7-18)6-11(14)19-4-2/h5-6,18H,3-4,7-8H2,1-2H3. The maximum atomic E-state index is 9.23. The van der Waals surface area contributed by atoms with Crippen LogP contribution < -0.4 is 9.47 Å². The number of hydrogen-bond donors (Lipinski definition) is 1. The van der Waals surface area contributed by atoms with Gasteiger partial charge in [-0.1, -0.05) is 12.1 Å². The van der Waals surface area contributed by atoms with Gasteiger partial charge in [0.2, 0.25) is 0 Å². The van der Waals surface area contributed by atoms with Crippen LogP contribution in [0, 0.1) is 0 Å². The van der Waals surface area contributed by atoms with Crippen molar-refractivity contribution in [1.82, 2.24) is 10.1 Å².